The van der Waals surface area contributed by atoms with Crippen LogP contribution in [-0.2, 0) is 16.8 Å². The highest BCUT2D eigenvalue weighted by molar-refractivity contribution is 5.06. The fraction of sp³-hybridized carbons (Fsp3) is 0.786. The predicted molar refractivity (Wildman–Crippen MR) is 68.3 cm³/mol. The zero-order valence-corrected chi connectivity index (χ0v) is 11.5. The first-order valence-corrected chi connectivity index (χ1v) is 6.74. The Morgan fingerprint density at radius 1 is 1.44 bits per heavy atom. The number of ether oxygens (including phenoxy) is 1. The molecule has 0 bridgehead atoms. The Morgan fingerprint density at radius 2 is 2.17 bits per heavy atom. The molecule has 1 aliphatic carbocycles. The van der Waals surface area contributed by atoms with E-state index in [1.165, 1.54) is 25.9 Å². The molecule has 2 heterocycles. The van der Waals surface area contributed by atoms with Crippen molar-refractivity contribution in [3.8, 4) is 0 Å². The average Bonchev–Trinajstić information content (AvgIpc) is 2.60. The van der Waals surface area contributed by atoms with Gasteiger partial charge in [0.05, 0.1) is 12.3 Å². The zero-order chi connectivity index (χ0) is 12.8. The summed E-state index contributed by atoms with van der Waals surface area (Å²) in [6, 6.07) is 0. The maximum absolute atomic E-state index is 5.84. The molecule has 4 heteroatoms. The molecule has 3 rings (SSSR count). The van der Waals surface area contributed by atoms with E-state index in [1.54, 1.807) is 0 Å². The zero-order valence-electron chi connectivity index (χ0n) is 11.5. The maximum Gasteiger partial charge on any atom is 0.220 e. The van der Waals surface area contributed by atoms with Gasteiger partial charge in [0.1, 0.15) is 12.4 Å². The molecule has 0 aromatic carbocycles. The van der Waals surface area contributed by atoms with Crippen molar-refractivity contribution in [2.75, 3.05) is 13.1 Å². The lowest BCUT2D eigenvalue weighted by Gasteiger charge is -2.53. The standard InChI is InChI=1S/C14H22N2O2/c1-13(2,3)11-6-16-12(18-11)7-17-10-4-14(5-10)8-15-9-14/h6,10,15H,4-5,7-9H2,1-3H3. The summed E-state index contributed by atoms with van der Waals surface area (Å²) in [7, 11) is 0. The number of nitrogens with zero attached hydrogens (tertiary/aromatic N) is 1. The Labute approximate surface area is 108 Å². The first-order valence-electron chi connectivity index (χ1n) is 6.74. The van der Waals surface area contributed by atoms with Gasteiger partial charge in [-0.2, -0.15) is 0 Å². The van der Waals surface area contributed by atoms with Gasteiger partial charge in [-0.25, -0.2) is 4.98 Å². The van der Waals surface area contributed by atoms with Gasteiger partial charge >= 0.3 is 0 Å². The SMILES string of the molecule is CC(C)(C)c1cnc(COC2CC3(CNC3)C2)o1. The van der Waals surface area contributed by atoms with Crippen LogP contribution in [0.3, 0.4) is 0 Å². The minimum atomic E-state index is 0.0172. The van der Waals surface area contributed by atoms with Crippen molar-refractivity contribution in [3.05, 3.63) is 17.8 Å². The summed E-state index contributed by atoms with van der Waals surface area (Å²) in [4.78, 5) is 4.28. The highest BCUT2D eigenvalue weighted by atomic mass is 16.5. The quantitative estimate of drug-likeness (QED) is 0.893. The minimum Gasteiger partial charge on any atom is -0.443 e. The van der Waals surface area contributed by atoms with E-state index in [1.807, 2.05) is 6.20 Å². The summed E-state index contributed by atoms with van der Waals surface area (Å²) in [6.45, 7) is 9.20. The van der Waals surface area contributed by atoms with E-state index in [0.717, 1.165) is 5.76 Å². The van der Waals surface area contributed by atoms with Crippen molar-refractivity contribution in [2.45, 2.75) is 51.7 Å². The molecule has 4 nitrogen and oxygen atoms in total. The van der Waals surface area contributed by atoms with Crippen LogP contribution >= 0.6 is 0 Å². The molecular weight excluding hydrogens is 228 g/mol. The third kappa shape index (κ3) is 2.19. The van der Waals surface area contributed by atoms with Gasteiger partial charge in [-0.3, -0.25) is 0 Å². The number of rotatable bonds is 3. The number of nitrogens with one attached hydrogen (secondary N) is 1. The third-order valence-corrected chi connectivity index (χ3v) is 4.06. The van der Waals surface area contributed by atoms with E-state index in [4.69, 9.17) is 9.15 Å². The largest absolute Gasteiger partial charge is 0.443 e. The van der Waals surface area contributed by atoms with E-state index in [2.05, 4.69) is 31.1 Å². The van der Waals surface area contributed by atoms with E-state index in [-0.39, 0.29) is 5.41 Å². The molecule has 100 valence electrons. The molecule has 1 spiro atoms. The highest BCUT2D eigenvalue weighted by Gasteiger charge is 2.48. The first kappa shape index (κ1) is 12.2. The van der Waals surface area contributed by atoms with E-state index < -0.39 is 0 Å². The van der Waals surface area contributed by atoms with Crippen LogP contribution in [0, 0.1) is 5.41 Å². The van der Waals surface area contributed by atoms with Crippen molar-refractivity contribution in [1.29, 1.82) is 0 Å². The second kappa shape index (κ2) is 4.07. The molecule has 1 aromatic heterocycles. The molecule has 1 aliphatic heterocycles. The van der Waals surface area contributed by atoms with Gasteiger partial charge in [-0.05, 0) is 12.8 Å². The molecule has 2 fully saturated rings. The number of hydrogen-bond acceptors (Lipinski definition) is 4. The van der Waals surface area contributed by atoms with Gasteiger partial charge < -0.3 is 14.5 Å². The van der Waals surface area contributed by atoms with Crippen molar-refractivity contribution >= 4 is 0 Å². The molecule has 0 atom stereocenters. The number of aromatic nitrogens is 1. The average molecular weight is 250 g/mol. The fourth-order valence-electron chi connectivity index (χ4n) is 2.70. The van der Waals surface area contributed by atoms with Crippen LogP contribution in [0.5, 0.6) is 0 Å². The van der Waals surface area contributed by atoms with Crippen LogP contribution in [0.15, 0.2) is 10.6 Å². The summed E-state index contributed by atoms with van der Waals surface area (Å²) in [5.41, 5.74) is 0.585. The second-order valence-electron chi connectivity index (χ2n) is 6.81. The Kier molecular flexibility index (Phi) is 2.75. The molecule has 0 amide bonds. The van der Waals surface area contributed by atoms with Crippen molar-refractivity contribution in [1.82, 2.24) is 10.3 Å². The molecule has 0 unspecified atom stereocenters. The van der Waals surface area contributed by atoms with E-state index >= 15 is 0 Å². The van der Waals surface area contributed by atoms with Gasteiger partial charge in [0, 0.05) is 23.9 Å². The van der Waals surface area contributed by atoms with Gasteiger partial charge in [0.15, 0.2) is 0 Å². The molecular formula is C14H22N2O2. The first-order chi connectivity index (χ1) is 8.47. The molecule has 2 aliphatic rings. The lowest BCUT2D eigenvalue weighted by Crippen LogP contribution is -2.62. The molecule has 0 radical (unpaired) electrons. The maximum atomic E-state index is 5.84. The van der Waals surface area contributed by atoms with Gasteiger partial charge in [-0.1, -0.05) is 20.8 Å². The summed E-state index contributed by atoms with van der Waals surface area (Å²) in [5.74, 6) is 1.63. The van der Waals surface area contributed by atoms with Crippen molar-refractivity contribution in [3.63, 3.8) is 0 Å². The summed E-state index contributed by atoms with van der Waals surface area (Å²) in [5, 5.41) is 3.33. The van der Waals surface area contributed by atoms with Crippen molar-refractivity contribution < 1.29 is 9.15 Å². The van der Waals surface area contributed by atoms with Crippen LogP contribution in [0.1, 0.15) is 45.3 Å². The van der Waals surface area contributed by atoms with Gasteiger partial charge in [0.25, 0.3) is 0 Å². The second-order valence-corrected chi connectivity index (χ2v) is 6.81. The van der Waals surface area contributed by atoms with Crippen LogP contribution in [-0.4, -0.2) is 24.2 Å². The smallest absolute Gasteiger partial charge is 0.220 e. The Balaban J connectivity index is 1.47. The van der Waals surface area contributed by atoms with Crippen molar-refractivity contribution in [2.24, 2.45) is 5.41 Å². The Hall–Kier alpha value is -0.870. The van der Waals surface area contributed by atoms with Crippen LogP contribution in [0.4, 0.5) is 0 Å². The molecule has 18 heavy (non-hydrogen) atoms. The number of hydrogen-bond donors (Lipinski definition) is 1. The van der Waals surface area contributed by atoms with E-state index in [9.17, 15) is 0 Å². The molecule has 1 N–H and O–H groups in total. The van der Waals surface area contributed by atoms with Crippen LogP contribution in [0.2, 0.25) is 0 Å². The lowest BCUT2D eigenvalue weighted by molar-refractivity contribution is -0.113. The van der Waals surface area contributed by atoms with Crippen LogP contribution in [0.25, 0.3) is 0 Å². The minimum absolute atomic E-state index is 0.0172. The normalized spacial score (nSPS) is 22.8. The fourth-order valence-corrected chi connectivity index (χ4v) is 2.70. The lowest BCUT2D eigenvalue weighted by atomic mass is 9.63. The van der Waals surface area contributed by atoms with E-state index in [0.29, 0.717) is 24.0 Å². The summed E-state index contributed by atoms with van der Waals surface area (Å²) >= 11 is 0. The predicted octanol–water partition coefficient (Wildman–Crippen LogP) is 2.24. The molecule has 1 saturated carbocycles. The topological polar surface area (TPSA) is 47.3 Å². The van der Waals surface area contributed by atoms with Crippen LogP contribution < -0.4 is 5.32 Å². The summed E-state index contributed by atoms with van der Waals surface area (Å²) in [6.07, 6.45) is 4.59. The summed E-state index contributed by atoms with van der Waals surface area (Å²) < 4.78 is 11.5. The molecule has 1 aromatic rings. The Bertz CT molecular complexity index is 421. The third-order valence-electron chi connectivity index (χ3n) is 4.06. The molecule has 1 saturated heterocycles. The van der Waals surface area contributed by atoms with Gasteiger partial charge in [-0.15, -0.1) is 0 Å². The monoisotopic (exact) mass is 250 g/mol. The highest BCUT2D eigenvalue weighted by Crippen LogP contribution is 2.45. The number of oxazole rings is 1. The van der Waals surface area contributed by atoms with Gasteiger partial charge in [0.2, 0.25) is 5.89 Å². The Morgan fingerprint density at radius 3 is 2.67 bits per heavy atom.